The van der Waals surface area contributed by atoms with Gasteiger partial charge >= 0.3 is 0 Å². The number of rotatable bonds is 2. The van der Waals surface area contributed by atoms with Crippen molar-refractivity contribution in [2.45, 2.75) is 76.9 Å². The van der Waals surface area contributed by atoms with Gasteiger partial charge in [0.2, 0.25) is 5.91 Å². The van der Waals surface area contributed by atoms with Crippen LogP contribution < -0.4 is 5.73 Å². The fraction of sp³-hybridized carbons (Fsp3) is 0.929. The Labute approximate surface area is 117 Å². The minimum atomic E-state index is 0. The summed E-state index contributed by atoms with van der Waals surface area (Å²) in [7, 11) is 0. The number of nitrogens with zero attached hydrogens (tertiary/aromatic N) is 1. The molecule has 18 heavy (non-hydrogen) atoms. The zero-order valence-electron chi connectivity index (χ0n) is 11.6. The van der Waals surface area contributed by atoms with Crippen LogP contribution in [0, 0.1) is 5.92 Å². The van der Waals surface area contributed by atoms with Gasteiger partial charge in [-0.2, -0.15) is 0 Å². The second kappa shape index (κ2) is 6.76. The van der Waals surface area contributed by atoms with Gasteiger partial charge in [0.05, 0.1) is 0 Å². The lowest BCUT2D eigenvalue weighted by atomic mass is 9.94. The van der Waals surface area contributed by atoms with Gasteiger partial charge in [0.15, 0.2) is 0 Å². The molecule has 0 aromatic heterocycles. The molecule has 1 saturated heterocycles. The predicted octanol–water partition coefficient (Wildman–Crippen LogP) is 2.72. The third kappa shape index (κ3) is 3.39. The highest BCUT2D eigenvalue weighted by Gasteiger charge is 2.32. The lowest BCUT2D eigenvalue weighted by Gasteiger charge is -2.39. The van der Waals surface area contributed by atoms with E-state index in [1.165, 1.54) is 12.8 Å². The summed E-state index contributed by atoms with van der Waals surface area (Å²) < 4.78 is 0. The molecule has 1 aliphatic carbocycles. The molecule has 106 valence electrons. The Balaban J connectivity index is 0.00000162. The Morgan fingerprint density at radius 3 is 2.17 bits per heavy atom. The van der Waals surface area contributed by atoms with Gasteiger partial charge in [-0.3, -0.25) is 4.79 Å². The van der Waals surface area contributed by atoms with Crippen LogP contribution in [0.4, 0.5) is 0 Å². The minimum absolute atomic E-state index is 0. The van der Waals surface area contributed by atoms with Gasteiger partial charge in [-0.25, -0.2) is 0 Å². The Hall–Kier alpha value is -0.280. The van der Waals surface area contributed by atoms with E-state index in [2.05, 4.69) is 18.7 Å². The summed E-state index contributed by atoms with van der Waals surface area (Å²) >= 11 is 0. The van der Waals surface area contributed by atoms with Crippen molar-refractivity contribution in [1.29, 1.82) is 0 Å². The number of carbonyl (C=O) groups is 1. The molecule has 2 N–H and O–H groups in total. The van der Waals surface area contributed by atoms with Crippen LogP contribution in [0.5, 0.6) is 0 Å². The molecular weight excluding hydrogens is 248 g/mol. The van der Waals surface area contributed by atoms with Gasteiger partial charge in [-0.1, -0.05) is 6.42 Å². The summed E-state index contributed by atoms with van der Waals surface area (Å²) in [5, 5.41) is 0. The summed E-state index contributed by atoms with van der Waals surface area (Å²) in [6.45, 7) is 4.37. The highest BCUT2D eigenvalue weighted by molar-refractivity contribution is 5.85. The first-order valence-corrected chi connectivity index (χ1v) is 7.16. The van der Waals surface area contributed by atoms with Crippen LogP contribution in [0.15, 0.2) is 0 Å². The molecule has 1 amide bonds. The van der Waals surface area contributed by atoms with Crippen molar-refractivity contribution in [3.8, 4) is 0 Å². The number of hydrogen-bond donors (Lipinski definition) is 1. The van der Waals surface area contributed by atoms with Crippen LogP contribution in [0.3, 0.4) is 0 Å². The third-order valence-corrected chi connectivity index (χ3v) is 4.64. The third-order valence-electron chi connectivity index (χ3n) is 4.64. The van der Waals surface area contributed by atoms with Gasteiger partial charge in [-0.15, -0.1) is 12.4 Å². The smallest absolute Gasteiger partial charge is 0.223 e. The largest absolute Gasteiger partial charge is 0.337 e. The molecule has 0 aromatic carbocycles. The number of likely N-dealkylation sites (tertiary alicyclic amines) is 1. The second-order valence-electron chi connectivity index (χ2n) is 5.99. The molecule has 0 aromatic rings. The lowest BCUT2D eigenvalue weighted by molar-refractivity contribution is -0.138. The van der Waals surface area contributed by atoms with Gasteiger partial charge in [-0.05, 0) is 51.9 Å². The maximum absolute atomic E-state index is 12.4. The van der Waals surface area contributed by atoms with Crippen LogP contribution in [0.1, 0.15) is 58.8 Å². The van der Waals surface area contributed by atoms with Crippen molar-refractivity contribution < 1.29 is 4.79 Å². The molecule has 2 rings (SSSR count). The van der Waals surface area contributed by atoms with E-state index in [0.717, 1.165) is 25.7 Å². The van der Waals surface area contributed by atoms with E-state index >= 15 is 0 Å². The average Bonchev–Trinajstić information content (AvgIpc) is 2.64. The van der Waals surface area contributed by atoms with E-state index in [0.29, 0.717) is 30.3 Å². The fourth-order valence-corrected chi connectivity index (χ4v) is 3.56. The summed E-state index contributed by atoms with van der Waals surface area (Å²) in [5.41, 5.74) is 6.06. The van der Waals surface area contributed by atoms with E-state index < -0.39 is 0 Å². The van der Waals surface area contributed by atoms with Crippen LogP contribution in [-0.2, 0) is 4.79 Å². The first kappa shape index (κ1) is 15.8. The van der Waals surface area contributed by atoms with Crippen molar-refractivity contribution in [2.24, 2.45) is 11.7 Å². The van der Waals surface area contributed by atoms with Crippen molar-refractivity contribution in [3.05, 3.63) is 0 Å². The predicted molar refractivity (Wildman–Crippen MR) is 76.8 cm³/mol. The standard InChI is InChI=1S/C14H26N2O.ClH/c1-10-5-3-6-11(2)16(10)14(17)9-12-7-4-8-13(12)15;/h10-13H,3-9,15H2,1-2H3;1H/t10?,11?,12-,13+;/m0./s1. The van der Waals surface area contributed by atoms with Crippen molar-refractivity contribution >= 4 is 18.3 Å². The van der Waals surface area contributed by atoms with Crippen LogP contribution in [0.2, 0.25) is 0 Å². The molecule has 0 bridgehead atoms. The number of piperidine rings is 1. The minimum Gasteiger partial charge on any atom is -0.337 e. The second-order valence-corrected chi connectivity index (χ2v) is 5.99. The molecule has 2 unspecified atom stereocenters. The Kier molecular flexibility index (Phi) is 5.93. The van der Waals surface area contributed by atoms with E-state index in [1.54, 1.807) is 0 Å². The monoisotopic (exact) mass is 274 g/mol. The van der Waals surface area contributed by atoms with Crippen LogP contribution in [-0.4, -0.2) is 28.9 Å². The quantitative estimate of drug-likeness (QED) is 0.842. The number of hydrogen-bond acceptors (Lipinski definition) is 2. The first-order valence-electron chi connectivity index (χ1n) is 7.16. The number of nitrogens with two attached hydrogens (primary N) is 1. The Bertz CT molecular complexity index is 275. The topological polar surface area (TPSA) is 46.3 Å². The molecule has 2 aliphatic rings. The van der Waals surface area contributed by atoms with E-state index in [-0.39, 0.29) is 18.4 Å². The summed E-state index contributed by atoms with van der Waals surface area (Å²) in [6, 6.07) is 1.10. The molecule has 0 radical (unpaired) electrons. The van der Waals surface area contributed by atoms with Gasteiger partial charge < -0.3 is 10.6 Å². The molecular formula is C14H27ClN2O. The van der Waals surface area contributed by atoms with Gasteiger partial charge in [0, 0.05) is 24.5 Å². The van der Waals surface area contributed by atoms with E-state index in [1.807, 2.05) is 0 Å². The molecule has 4 heteroatoms. The molecule has 1 aliphatic heterocycles. The van der Waals surface area contributed by atoms with E-state index in [9.17, 15) is 4.79 Å². The maximum atomic E-state index is 12.4. The van der Waals surface area contributed by atoms with Crippen LogP contribution >= 0.6 is 12.4 Å². The molecule has 1 heterocycles. The zero-order chi connectivity index (χ0) is 12.4. The molecule has 3 nitrogen and oxygen atoms in total. The first-order chi connectivity index (χ1) is 8.09. The summed E-state index contributed by atoms with van der Waals surface area (Å²) in [4.78, 5) is 14.5. The van der Waals surface area contributed by atoms with Crippen molar-refractivity contribution in [1.82, 2.24) is 4.90 Å². The highest BCUT2D eigenvalue weighted by Crippen LogP contribution is 2.30. The molecule has 4 atom stereocenters. The van der Waals surface area contributed by atoms with Gasteiger partial charge in [0.1, 0.15) is 0 Å². The van der Waals surface area contributed by atoms with Gasteiger partial charge in [0.25, 0.3) is 0 Å². The lowest BCUT2D eigenvalue weighted by Crippen LogP contribution is -2.48. The molecule has 0 spiro atoms. The number of halogens is 1. The van der Waals surface area contributed by atoms with E-state index in [4.69, 9.17) is 5.73 Å². The Morgan fingerprint density at radius 1 is 1.11 bits per heavy atom. The fourth-order valence-electron chi connectivity index (χ4n) is 3.56. The van der Waals surface area contributed by atoms with Crippen molar-refractivity contribution in [3.63, 3.8) is 0 Å². The highest BCUT2D eigenvalue weighted by atomic mass is 35.5. The zero-order valence-corrected chi connectivity index (χ0v) is 12.4. The molecule has 2 fully saturated rings. The van der Waals surface area contributed by atoms with Crippen molar-refractivity contribution in [2.75, 3.05) is 0 Å². The SMILES string of the molecule is CC1CCCC(C)N1C(=O)C[C@@H]1CCC[C@H]1N.Cl. The maximum Gasteiger partial charge on any atom is 0.223 e. The summed E-state index contributed by atoms with van der Waals surface area (Å²) in [6.07, 6.45) is 7.70. The molecule has 1 saturated carbocycles. The number of carbonyl (C=O) groups excluding carboxylic acids is 1. The number of amides is 1. The Morgan fingerprint density at radius 2 is 1.67 bits per heavy atom. The normalized spacial score (nSPS) is 36.3. The van der Waals surface area contributed by atoms with Crippen LogP contribution in [0.25, 0.3) is 0 Å². The summed E-state index contributed by atoms with van der Waals surface area (Å²) in [5.74, 6) is 0.774. The average molecular weight is 275 g/mol.